The first-order chi connectivity index (χ1) is 2.64. The number of hydrogen-bond acceptors (Lipinski definition) is 1. The monoisotopic (exact) mass is 218 g/mol. The van der Waals surface area contributed by atoms with Crippen molar-refractivity contribution < 1.29 is 4.79 Å². The number of carbonyl (C=O) groups is 1. The Balaban J connectivity index is 3.26. The zero-order valence-electron chi connectivity index (χ0n) is 3.24. The van der Waals surface area contributed by atoms with Crippen LogP contribution in [0.1, 0.15) is 6.92 Å². The molecule has 3 heteroatoms. The first-order valence-corrected chi connectivity index (χ1v) is 3.10. The third-order valence-corrected chi connectivity index (χ3v) is 1.57. The number of hydrogen-bond donors (Lipinski definition) is 0. The Kier molecular flexibility index (Phi) is 3.12. The Labute approximate surface area is 55.2 Å². The lowest BCUT2D eigenvalue weighted by Gasteiger charge is -1.85. The molecular formula is C3H4ClIO. The first-order valence-electron chi connectivity index (χ1n) is 1.48. The van der Waals surface area contributed by atoms with E-state index in [0.29, 0.717) is 0 Å². The Morgan fingerprint density at radius 1 is 2.00 bits per heavy atom. The van der Waals surface area contributed by atoms with E-state index in [1.807, 2.05) is 22.6 Å². The normalized spacial score (nSPS) is 13.8. The van der Waals surface area contributed by atoms with Gasteiger partial charge in [-0.25, -0.2) is 0 Å². The van der Waals surface area contributed by atoms with Gasteiger partial charge in [-0.15, -0.1) is 0 Å². The van der Waals surface area contributed by atoms with Gasteiger partial charge in [0.25, 0.3) is 0 Å². The highest BCUT2D eigenvalue weighted by atomic mass is 127. The molecule has 0 aromatic rings. The minimum atomic E-state index is -0.282. The summed E-state index contributed by atoms with van der Waals surface area (Å²) in [4.78, 5) is 9.90. The van der Waals surface area contributed by atoms with Gasteiger partial charge in [-0.3, -0.25) is 4.79 Å². The maximum atomic E-state index is 9.90. The molecule has 0 aromatic carbocycles. The van der Waals surface area contributed by atoms with E-state index < -0.39 is 0 Å². The third kappa shape index (κ3) is 2.90. The van der Waals surface area contributed by atoms with E-state index in [9.17, 15) is 4.79 Å². The highest BCUT2D eigenvalue weighted by Gasteiger charge is 2.00. The van der Waals surface area contributed by atoms with Crippen molar-refractivity contribution in [3.63, 3.8) is 0 Å². The summed E-state index contributed by atoms with van der Waals surface area (Å²) < 4.78 is -0.0516. The van der Waals surface area contributed by atoms with Crippen LogP contribution >= 0.6 is 34.2 Å². The van der Waals surface area contributed by atoms with Crippen LogP contribution in [-0.2, 0) is 4.79 Å². The van der Waals surface area contributed by atoms with Crippen LogP contribution in [0.5, 0.6) is 0 Å². The van der Waals surface area contributed by atoms with Crippen molar-refractivity contribution in [1.29, 1.82) is 0 Å². The second-order valence-corrected chi connectivity index (χ2v) is 3.16. The van der Waals surface area contributed by atoms with E-state index in [-0.39, 0.29) is 9.17 Å². The van der Waals surface area contributed by atoms with Gasteiger partial charge >= 0.3 is 0 Å². The molecule has 0 aliphatic carbocycles. The third-order valence-electron chi connectivity index (χ3n) is 0.313. The summed E-state index contributed by atoms with van der Waals surface area (Å²) in [7, 11) is 0. The molecule has 0 spiro atoms. The van der Waals surface area contributed by atoms with Crippen LogP contribution in [0.2, 0.25) is 0 Å². The topological polar surface area (TPSA) is 17.1 Å². The Hall–Kier alpha value is 0.690. The van der Waals surface area contributed by atoms with Gasteiger partial charge in [0.1, 0.15) is 0 Å². The maximum absolute atomic E-state index is 9.90. The zero-order valence-corrected chi connectivity index (χ0v) is 6.15. The molecule has 0 saturated carbocycles. The highest BCUT2D eigenvalue weighted by Crippen LogP contribution is 2.01. The summed E-state index contributed by atoms with van der Waals surface area (Å²) in [5, 5.41) is -0.282. The molecule has 0 N–H and O–H groups in total. The molecule has 0 heterocycles. The van der Waals surface area contributed by atoms with Gasteiger partial charge in [0, 0.05) is 0 Å². The Bertz CT molecular complexity index is 61.8. The van der Waals surface area contributed by atoms with Crippen LogP contribution < -0.4 is 0 Å². The molecule has 0 fully saturated rings. The summed E-state index contributed by atoms with van der Waals surface area (Å²) >= 11 is 6.92. The van der Waals surface area contributed by atoms with Gasteiger partial charge < -0.3 is 0 Å². The van der Waals surface area contributed by atoms with Gasteiger partial charge in [-0.05, 0) is 18.5 Å². The SMILES string of the molecule is C[C@H](I)C(=O)Cl. The van der Waals surface area contributed by atoms with Crippen LogP contribution in [-0.4, -0.2) is 9.17 Å². The molecule has 1 atom stereocenters. The van der Waals surface area contributed by atoms with Crippen molar-refractivity contribution in [2.75, 3.05) is 0 Å². The number of carbonyl (C=O) groups excluding carboxylic acids is 1. The van der Waals surface area contributed by atoms with Crippen LogP contribution in [0, 0.1) is 0 Å². The minimum Gasteiger partial charge on any atom is -0.280 e. The summed E-state index contributed by atoms with van der Waals surface area (Å²) in [6.45, 7) is 1.75. The van der Waals surface area contributed by atoms with E-state index in [0.717, 1.165) is 0 Å². The molecule has 0 aromatic heterocycles. The predicted octanol–water partition coefficient (Wildman–Crippen LogP) is 1.58. The van der Waals surface area contributed by atoms with Crippen LogP contribution in [0.3, 0.4) is 0 Å². The molecular weight excluding hydrogens is 214 g/mol. The number of halogens is 2. The van der Waals surface area contributed by atoms with Crippen molar-refractivity contribution in [2.24, 2.45) is 0 Å². The highest BCUT2D eigenvalue weighted by molar-refractivity contribution is 14.1. The van der Waals surface area contributed by atoms with Gasteiger partial charge in [-0.1, -0.05) is 22.6 Å². The lowest BCUT2D eigenvalue weighted by molar-refractivity contribution is -0.110. The first kappa shape index (κ1) is 6.69. The molecule has 0 saturated heterocycles. The summed E-state index contributed by atoms with van der Waals surface area (Å²) in [6, 6.07) is 0. The quantitative estimate of drug-likeness (QED) is 0.371. The largest absolute Gasteiger partial charge is 0.280 e. The predicted molar refractivity (Wildman–Crippen MR) is 34.3 cm³/mol. The van der Waals surface area contributed by atoms with E-state index in [1.54, 1.807) is 6.92 Å². The fraction of sp³-hybridized carbons (Fsp3) is 0.667. The minimum absolute atomic E-state index is 0.0516. The van der Waals surface area contributed by atoms with Crippen molar-refractivity contribution in [3.05, 3.63) is 0 Å². The van der Waals surface area contributed by atoms with Gasteiger partial charge in [0.15, 0.2) is 0 Å². The van der Waals surface area contributed by atoms with Crippen LogP contribution in [0.15, 0.2) is 0 Å². The lowest BCUT2D eigenvalue weighted by atomic mass is 10.6. The standard InChI is InChI=1S/C3H4ClIO/c1-2(5)3(4)6/h2H,1H3/t2-/m0/s1. The molecule has 36 valence electrons. The van der Waals surface area contributed by atoms with Gasteiger partial charge in [-0.2, -0.15) is 0 Å². The molecule has 0 aliphatic heterocycles. The number of rotatable bonds is 1. The molecule has 0 aliphatic rings. The smallest absolute Gasteiger partial charge is 0.234 e. The molecule has 0 radical (unpaired) electrons. The Morgan fingerprint density at radius 2 is 2.17 bits per heavy atom. The fourth-order valence-corrected chi connectivity index (χ4v) is 0. The van der Waals surface area contributed by atoms with E-state index >= 15 is 0 Å². The second-order valence-electron chi connectivity index (χ2n) is 0.920. The van der Waals surface area contributed by atoms with E-state index in [4.69, 9.17) is 11.6 Å². The summed E-state index contributed by atoms with van der Waals surface area (Å²) in [5.74, 6) is 0. The fourth-order valence-electron chi connectivity index (χ4n) is 0. The molecule has 0 unspecified atom stereocenters. The van der Waals surface area contributed by atoms with E-state index in [2.05, 4.69) is 0 Å². The summed E-state index contributed by atoms with van der Waals surface area (Å²) in [6.07, 6.45) is 0. The molecule has 0 rings (SSSR count). The Morgan fingerprint density at radius 3 is 2.17 bits per heavy atom. The van der Waals surface area contributed by atoms with Gasteiger partial charge in [0.05, 0.1) is 3.92 Å². The van der Waals surface area contributed by atoms with Crippen LogP contribution in [0.4, 0.5) is 0 Å². The lowest BCUT2D eigenvalue weighted by Crippen LogP contribution is -1.98. The summed E-state index contributed by atoms with van der Waals surface area (Å²) in [5.41, 5.74) is 0. The molecule has 0 bridgehead atoms. The molecule has 1 nitrogen and oxygen atoms in total. The molecule has 0 amide bonds. The van der Waals surface area contributed by atoms with Gasteiger partial charge in [0.2, 0.25) is 5.24 Å². The average molecular weight is 218 g/mol. The van der Waals surface area contributed by atoms with Crippen molar-refractivity contribution >= 4 is 39.4 Å². The van der Waals surface area contributed by atoms with Crippen molar-refractivity contribution in [2.45, 2.75) is 10.8 Å². The molecule has 6 heavy (non-hydrogen) atoms. The number of alkyl halides is 1. The van der Waals surface area contributed by atoms with E-state index in [1.165, 1.54) is 0 Å². The van der Waals surface area contributed by atoms with Crippen LogP contribution in [0.25, 0.3) is 0 Å². The average Bonchev–Trinajstić information content (AvgIpc) is 1.36. The second kappa shape index (κ2) is 2.80. The zero-order chi connectivity index (χ0) is 5.15. The van der Waals surface area contributed by atoms with Crippen molar-refractivity contribution in [1.82, 2.24) is 0 Å². The maximum Gasteiger partial charge on any atom is 0.234 e. The van der Waals surface area contributed by atoms with Crippen molar-refractivity contribution in [3.8, 4) is 0 Å².